The van der Waals surface area contributed by atoms with E-state index in [4.69, 9.17) is 0 Å². The largest absolute Gasteiger partial charge is 0.311 e. The number of hydrogen-bond donors (Lipinski definition) is 1. The van der Waals surface area contributed by atoms with Gasteiger partial charge in [-0.3, -0.25) is 4.98 Å². The maximum Gasteiger partial charge on any atom is 0.136 e. The molecule has 1 N–H and O–H groups in total. The van der Waals surface area contributed by atoms with Crippen molar-refractivity contribution in [3.8, 4) is 0 Å². The highest BCUT2D eigenvalue weighted by Gasteiger charge is 2.03. The van der Waals surface area contributed by atoms with Gasteiger partial charge in [0.15, 0.2) is 0 Å². The van der Waals surface area contributed by atoms with Crippen LogP contribution < -0.4 is 5.32 Å². The summed E-state index contributed by atoms with van der Waals surface area (Å²) in [6.45, 7) is 1.72. The van der Waals surface area contributed by atoms with Crippen molar-refractivity contribution < 1.29 is 0 Å². The minimum Gasteiger partial charge on any atom is -0.311 e. The number of nitrogens with zero attached hydrogens (tertiary/aromatic N) is 3. The van der Waals surface area contributed by atoms with E-state index < -0.39 is 0 Å². The molecule has 0 saturated heterocycles. The summed E-state index contributed by atoms with van der Waals surface area (Å²) < 4.78 is 2.12. The highest BCUT2D eigenvalue weighted by atomic mass is 15.0. The second-order valence-corrected chi connectivity index (χ2v) is 5.60. The van der Waals surface area contributed by atoms with Crippen molar-refractivity contribution in [2.45, 2.75) is 13.0 Å². The predicted octanol–water partition coefficient (Wildman–Crippen LogP) is 3.21. The average Bonchev–Trinajstić information content (AvgIpc) is 3.02. The lowest BCUT2D eigenvalue weighted by Gasteiger charge is -2.07. The molecule has 4 aromatic rings. The van der Waals surface area contributed by atoms with Crippen LogP contribution >= 0.6 is 0 Å². The van der Waals surface area contributed by atoms with E-state index in [0.29, 0.717) is 0 Å². The molecule has 1 aromatic carbocycles. The molecule has 0 fully saturated rings. The van der Waals surface area contributed by atoms with Crippen LogP contribution in [0.15, 0.2) is 67.1 Å². The number of pyridine rings is 2. The van der Waals surface area contributed by atoms with Gasteiger partial charge in [0, 0.05) is 24.3 Å². The molecule has 114 valence electrons. The third-order valence-electron chi connectivity index (χ3n) is 4.09. The molecule has 0 aliphatic heterocycles. The zero-order valence-corrected chi connectivity index (χ0v) is 12.8. The Morgan fingerprint density at radius 1 is 0.957 bits per heavy atom. The molecule has 4 rings (SSSR count). The Kier molecular flexibility index (Phi) is 3.74. The van der Waals surface area contributed by atoms with Gasteiger partial charge < -0.3 is 9.72 Å². The van der Waals surface area contributed by atoms with Crippen molar-refractivity contribution in [3.63, 3.8) is 0 Å². The topological polar surface area (TPSA) is 42.2 Å². The van der Waals surface area contributed by atoms with Crippen LogP contribution in [-0.2, 0) is 13.0 Å². The molecule has 0 radical (unpaired) electrons. The van der Waals surface area contributed by atoms with Gasteiger partial charge in [0.1, 0.15) is 5.65 Å². The van der Waals surface area contributed by atoms with Gasteiger partial charge in [-0.1, -0.05) is 30.3 Å². The minimum atomic E-state index is 0.809. The lowest BCUT2D eigenvalue weighted by atomic mass is 10.1. The van der Waals surface area contributed by atoms with Crippen molar-refractivity contribution in [1.82, 2.24) is 19.7 Å². The first-order chi connectivity index (χ1) is 11.4. The fourth-order valence-corrected chi connectivity index (χ4v) is 2.92. The van der Waals surface area contributed by atoms with Crippen molar-refractivity contribution in [2.75, 3.05) is 6.54 Å². The number of rotatable bonds is 5. The Hall–Kier alpha value is -2.72. The van der Waals surface area contributed by atoms with E-state index in [1.54, 1.807) is 0 Å². The molecule has 0 saturated carbocycles. The van der Waals surface area contributed by atoms with Crippen molar-refractivity contribution in [1.29, 1.82) is 0 Å². The van der Waals surface area contributed by atoms with E-state index in [2.05, 4.69) is 44.0 Å². The van der Waals surface area contributed by atoms with Gasteiger partial charge in [0.2, 0.25) is 0 Å². The lowest BCUT2D eigenvalue weighted by Crippen LogP contribution is -2.17. The summed E-state index contributed by atoms with van der Waals surface area (Å²) in [5.41, 5.74) is 4.56. The van der Waals surface area contributed by atoms with Gasteiger partial charge in [-0.2, -0.15) is 0 Å². The monoisotopic (exact) mass is 302 g/mol. The van der Waals surface area contributed by atoms with E-state index in [-0.39, 0.29) is 0 Å². The molecule has 23 heavy (non-hydrogen) atoms. The lowest BCUT2D eigenvalue weighted by molar-refractivity contribution is 0.672. The quantitative estimate of drug-likeness (QED) is 0.576. The highest BCUT2D eigenvalue weighted by molar-refractivity contribution is 5.81. The van der Waals surface area contributed by atoms with Crippen molar-refractivity contribution in [2.24, 2.45) is 0 Å². The van der Waals surface area contributed by atoms with Crippen LogP contribution in [0.5, 0.6) is 0 Å². The molecule has 0 unspecified atom stereocenters. The SMILES string of the molecule is c1cnc2c(CCNCc3cnc4ccccn34)cccc2c1. The van der Waals surface area contributed by atoms with Crippen molar-refractivity contribution >= 4 is 16.6 Å². The summed E-state index contributed by atoms with van der Waals surface area (Å²) in [7, 11) is 0. The Morgan fingerprint density at radius 2 is 1.91 bits per heavy atom. The van der Waals surface area contributed by atoms with Gasteiger partial charge in [-0.25, -0.2) is 4.98 Å². The number of para-hydroxylation sites is 1. The Morgan fingerprint density at radius 3 is 2.91 bits per heavy atom. The van der Waals surface area contributed by atoms with E-state index in [1.165, 1.54) is 16.6 Å². The maximum atomic E-state index is 4.51. The second kappa shape index (κ2) is 6.18. The Balaban J connectivity index is 1.42. The van der Waals surface area contributed by atoms with Crippen LogP contribution in [-0.4, -0.2) is 20.9 Å². The predicted molar refractivity (Wildman–Crippen MR) is 92.3 cm³/mol. The second-order valence-electron chi connectivity index (χ2n) is 5.60. The zero-order chi connectivity index (χ0) is 15.5. The number of aromatic nitrogens is 3. The summed E-state index contributed by atoms with van der Waals surface area (Å²) in [5.74, 6) is 0. The number of benzene rings is 1. The number of imidazole rings is 1. The van der Waals surface area contributed by atoms with Crippen LogP contribution in [0.2, 0.25) is 0 Å². The molecule has 0 spiro atoms. The summed E-state index contributed by atoms with van der Waals surface area (Å²) in [5, 5.41) is 4.71. The van der Waals surface area contributed by atoms with Gasteiger partial charge >= 0.3 is 0 Å². The van der Waals surface area contributed by atoms with E-state index >= 15 is 0 Å². The van der Waals surface area contributed by atoms with Crippen LogP contribution in [0.3, 0.4) is 0 Å². The molecule has 0 aliphatic carbocycles. The summed E-state index contributed by atoms with van der Waals surface area (Å²) in [6.07, 6.45) is 6.80. The minimum absolute atomic E-state index is 0.809. The third-order valence-corrected chi connectivity index (χ3v) is 4.09. The number of hydrogen-bond acceptors (Lipinski definition) is 3. The van der Waals surface area contributed by atoms with Gasteiger partial charge in [-0.05, 0) is 36.7 Å². The van der Waals surface area contributed by atoms with Crippen LogP contribution in [0, 0.1) is 0 Å². The van der Waals surface area contributed by atoms with Crippen molar-refractivity contribution in [3.05, 3.63) is 78.4 Å². The fraction of sp³-hybridized carbons (Fsp3) is 0.158. The summed E-state index contributed by atoms with van der Waals surface area (Å²) in [4.78, 5) is 8.92. The molecule has 4 nitrogen and oxygen atoms in total. The third kappa shape index (κ3) is 2.81. The Labute approximate surface area is 134 Å². The molecule has 3 heterocycles. The molecular formula is C19H18N4. The van der Waals surface area contributed by atoms with Crippen LogP contribution in [0.25, 0.3) is 16.6 Å². The fourth-order valence-electron chi connectivity index (χ4n) is 2.92. The molecular weight excluding hydrogens is 284 g/mol. The summed E-state index contributed by atoms with van der Waals surface area (Å²) in [6, 6.07) is 16.5. The van der Waals surface area contributed by atoms with Gasteiger partial charge in [0.25, 0.3) is 0 Å². The molecule has 0 atom stereocenters. The smallest absolute Gasteiger partial charge is 0.136 e. The summed E-state index contributed by atoms with van der Waals surface area (Å²) >= 11 is 0. The zero-order valence-electron chi connectivity index (χ0n) is 12.8. The standard InChI is InChI=1S/C19H18N4/c1-2-12-23-17(14-22-18(23)8-1)13-20-11-9-16-6-3-5-15-7-4-10-21-19(15)16/h1-8,10,12,14,20H,9,11,13H2. The maximum absolute atomic E-state index is 4.51. The molecule has 4 heteroatoms. The van der Waals surface area contributed by atoms with Crippen LogP contribution in [0.4, 0.5) is 0 Å². The number of nitrogens with one attached hydrogen (secondary N) is 1. The number of fused-ring (bicyclic) bond motifs is 2. The first-order valence-corrected chi connectivity index (χ1v) is 7.86. The van der Waals surface area contributed by atoms with E-state index in [9.17, 15) is 0 Å². The normalized spacial score (nSPS) is 11.3. The first-order valence-electron chi connectivity index (χ1n) is 7.86. The van der Waals surface area contributed by atoms with Gasteiger partial charge in [-0.15, -0.1) is 0 Å². The van der Waals surface area contributed by atoms with E-state index in [0.717, 1.165) is 30.7 Å². The molecule has 0 bridgehead atoms. The van der Waals surface area contributed by atoms with Gasteiger partial charge in [0.05, 0.1) is 17.4 Å². The first kappa shape index (κ1) is 13.9. The van der Waals surface area contributed by atoms with Crippen LogP contribution in [0.1, 0.15) is 11.3 Å². The average molecular weight is 302 g/mol. The van der Waals surface area contributed by atoms with E-state index in [1.807, 2.05) is 42.9 Å². The molecule has 3 aromatic heterocycles. The highest BCUT2D eigenvalue weighted by Crippen LogP contribution is 2.16. The Bertz CT molecular complexity index is 937. The molecule has 0 aliphatic rings. The molecule has 0 amide bonds.